The first-order chi connectivity index (χ1) is 14.2. The van der Waals surface area contributed by atoms with E-state index in [2.05, 4.69) is 9.97 Å². The second-order valence-corrected chi connectivity index (χ2v) is 8.31. The molecule has 0 amide bonds. The summed E-state index contributed by atoms with van der Waals surface area (Å²) in [4.78, 5) is 20.3. The molecule has 0 spiro atoms. The molecule has 0 saturated carbocycles. The van der Waals surface area contributed by atoms with E-state index in [1.807, 2.05) is 45.9 Å². The van der Waals surface area contributed by atoms with Crippen LogP contribution >= 0.6 is 0 Å². The van der Waals surface area contributed by atoms with Crippen LogP contribution in [0.15, 0.2) is 41.2 Å². The van der Waals surface area contributed by atoms with E-state index in [1.54, 1.807) is 32.4 Å². The van der Waals surface area contributed by atoms with Gasteiger partial charge in [0.05, 0.1) is 41.9 Å². The summed E-state index contributed by atoms with van der Waals surface area (Å²) in [5.74, 6) is 1.46. The molecule has 1 aliphatic rings. The number of rotatable bonds is 4. The highest BCUT2D eigenvalue weighted by molar-refractivity contribution is 6.64. The van der Waals surface area contributed by atoms with E-state index in [-0.39, 0.29) is 5.56 Å². The van der Waals surface area contributed by atoms with Crippen LogP contribution in [-0.4, -0.2) is 42.5 Å². The number of nitrogens with one attached hydrogen (secondary N) is 1. The first-order valence-electron chi connectivity index (χ1n) is 9.78. The molecule has 1 aromatic heterocycles. The highest BCUT2D eigenvalue weighted by Gasteiger charge is 2.52. The monoisotopic (exact) mass is 408 g/mol. The van der Waals surface area contributed by atoms with Crippen molar-refractivity contribution in [3.63, 3.8) is 0 Å². The molecule has 4 rings (SSSR count). The molecule has 0 aliphatic carbocycles. The van der Waals surface area contributed by atoms with E-state index in [0.29, 0.717) is 39.3 Å². The molecule has 30 heavy (non-hydrogen) atoms. The summed E-state index contributed by atoms with van der Waals surface area (Å²) in [5.41, 5.74) is 0.565. The zero-order valence-electron chi connectivity index (χ0n) is 18.0. The Kier molecular flexibility index (Phi) is 4.87. The Morgan fingerprint density at radius 2 is 1.67 bits per heavy atom. The van der Waals surface area contributed by atoms with Gasteiger partial charge in [0.15, 0.2) is 0 Å². The van der Waals surface area contributed by atoms with E-state index in [4.69, 9.17) is 18.8 Å². The summed E-state index contributed by atoms with van der Waals surface area (Å²) in [7, 11) is 2.45. The van der Waals surface area contributed by atoms with E-state index >= 15 is 0 Å². The number of ether oxygens (including phenoxy) is 2. The van der Waals surface area contributed by atoms with Crippen molar-refractivity contribution in [1.29, 1.82) is 0 Å². The minimum Gasteiger partial charge on any atom is -0.497 e. The SMILES string of the molecule is COc1cc(OC)c(-c2nc3ccccc3c(=O)[nH]2)c(B2OC(C)(C)C(C)(C)O2)c1. The predicted molar refractivity (Wildman–Crippen MR) is 117 cm³/mol. The van der Waals surface area contributed by atoms with Crippen molar-refractivity contribution in [2.75, 3.05) is 14.2 Å². The third-order valence-electron chi connectivity index (χ3n) is 5.92. The number of H-pyrrole nitrogens is 1. The van der Waals surface area contributed by atoms with Crippen molar-refractivity contribution in [3.8, 4) is 22.9 Å². The average Bonchev–Trinajstić information content (AvgIpc) is 2.94. The molecule has 1 saturated heterocycles. The van der Waals surface area contributed by atoms with Gasteiger partial charge in [-0.2, -0.15) is 0 Å². The summed E-state index contributed by atoms with van der Waals surface area (Å²) in [6, 6.07) is 10.8. The predicted octanol–water partition coefficient (Wildman–Crippen LogP) is 2.91. The van der Waals surface area contributed by atoms with Crippen molar-refractivity contribution < 1.29 is 18.8 Å². The lowest BCUT2D eigenvalue weighted by atomic mass is 9.75. The molecule has 7 nitrogen and oxygen atoms in total. The number of methoxy groups -OCH3 is 2. The first kappa shape index (κ1) is 20.4. The zero-order chi connectivity index (χ0) is 21.7. The highest BCUT2D eigenvalue weighted by atomic mass is 16.7. The topological polar surface area (TPSA) is 82.7 Å². The van der Waals surface area contributed by atoms with Crippen molar-refractivity contribution in [2.45, 2.75) is 38.9 Å². The Hall–Kier alpha value is -2.84. The Labute approximate surface area is 175 Å². The van der Waals surface area contributed by atoms with Crippen LogP contribution in [0.25, 0.3) is 22.3 Å². The summed E-state index contributed by atoms with van der Waals surface area (Å²) in [6.45, 7) is 7.95. The lowest BCUT2D eigenvalue weighted by molar-refractivity contribution is 0.00578. The van der Waals surface area contributed by atoms with E-state index in [1.165, 1.54) is 0 Å². The Morgan fingerprint density at radius 3 is 2.30 bits per heavy atom. The molecular weight excluding hydrogens is 383 g/mol. The van der Waals surface area contributed by atoms with Crippen LogP contribution in [0.3, 0.4) is 0 Å². The minimum absolute atomic E-state index is 0.228. The van der Waals surface area contributed by atoms with Crippen LogP contribution in [0, 0.1) is 0 Å². The fourth-order valence-electron chi connectivity index (χ4n) is 3.50. The van der Waals surface area contributed by atoms with Gasteiger partial charge in [-0.25, -0.2) is 4.98 Å². The van der Waals surface area contributed by atoms with Crippen molar-refractivity contribution in [3.05, 3.63) is 46.8 Å². The van der Waals surface area contributed by atoms with Gasteiger partial charge >= 0.3 is 7.12 Å². The third-order valence-corrected chi connectivity index (χ3v) is 5.92. The third kappa shape index (κ3) is 3.26. The van der Waals surface area contributed by atoms with Gasteiger partial charge in [0.1, 0.15) is 17.3 Å². The van der Waals surface area contributed by atoms with Gasteiger partial charge in [-0.3, -0.25) is 4.79 Å². The number of aromatic nitrogens is 2. The van der Waals surface area contributed by atoms with E-state index < -0.39 is 18.3 Å². The van der Waals surface area contributed by atoms with Crippen molar-refractivity contribution in [2.24, 2.45) is 0 Å². The van der Waals surface area contributed by atoms with Gasteiger partial charge in [-0.05, 0) is 45.9 Å². The maximum atomic E-state index is 12.7. The summed E-state index contributed by atoms with van der Waals surface area (Å²) in [6.07, 6.45) is 0. The van der Waals surface area contributed by atoms with Crippen LogP contribution in [-0.2, 0) is 9.31 Å². The lowest BCUT2D eigenvalue weighted by Crippen LogP contribution is -2.41. The van der Waals surface area contributed by atoms with Gasteiger partial charge in [0.2, 0.25) is 0 Å². The standard InChI is InChI=1S/C22H25BN2O5/c1-21(2)22(3,4)30-23(29-21)15-11-13(27-5)12-17(28-6)18(15)19-24-16-10-8-7-9-14(16)20(26)25-19/h7-12H,1-6H3,(H,24,25,26). The van der Waals surface area contributed by atoms with Crippen LogP contribution in [0.1, 0.15) is 27.7 Å². The minimum atomic E-state index is -0.689. The summed E-state index contributed by atoms with van der Waals surface area (Å²) >= 11 is 0. The summed E-state index contributed by atoms with van der Waals surface area (Å²) < 4.78 is 23.7. The second-order valence-electron chi connectivity index (χ2n) is 8.31. The molecule has 0 atom stereocenters. The van der Waals surface area contributed by atoms with Crippen LogP contribution in [0.4, 0.5) is 0 Å². The molecule has 1 fully saturated rings. The Morgan fingerprint density at radius 1 is 1.00 bits per heavy atom. The molecule has 0 bridgehead atoms. The molecule has 156 valence electrons. The molecule has 1 aliphatic heterocycles. The number of aromatic amines is 1. The molecule has 0 radical (unpaired) electrons. The largest absolute Gasteiger partial charge is 0.497 e. The highest BCUT2D eigenvalue weighted by Crippen LogP contribution is 2.39. The number of para-hydroxylation sites is 1. The van der Waals surface area contributed by atoms with Gasteiger partial charge in [-0.1, -0.05) is 12.1 Å². The molecule has 8 heteroatoms. The van der Waals surface area contributed by atoms with Gasteiger partial charge in [0.25, 0.3) is 5.56 Å². The number of fused-ring (bicyclic) bond motifs is 1. The Balaban J connectivity index is 1.97. The second kappa shape index (κ2) is 7.14. The molecule has 0 unspecified atom stereocenters. The zero-order valence-corrected chi connectivity index (χ0v) is 18.0. The smallest absolute Gasteiger partial charge is 0.495 e. The van der Waals surface area contributed by atoms with Gasteiger partial charge in [-0.15, -0.1) is 0 Å². The number of benzene rings is 2. The number of hydrogen-bond donors (Lipinski definition) is 1. The van der Waals surface area contributed by atoms with Crippen molar-refractivity contribution >= 4 is 23.5 Å². The summed E-state index contributed by atoms with van der Waals surface area (Å²) in [5, 5.41) is 0.519. The Bertz CT molecular complexity index is 1160. The fraction of sp³-hybridized carbons (Fsp3) is 0.364. The van der Waals surface area contributed by atoms with Crippen molar-refractivity contribution in [1.82, 2.24) is 9.97 Å². The number of hydrogen-bond acceptors (Lipinski definition) is 6. The maximum absolute atomic E-state index is 12.7. The quantitative estimate of drug-likeness (QED) is 0.669. The molecule has 2 heterocycles. The lowest BCUT2D eigenvalue weighted by Gasteiger charge is -2.32. The molecular formula is C22H25BN2O5. The number of nitrogens with zero attached hydrogens (tertiary/aromatic N) is 1. The van der Waals surface area contributed by atoms with Crippen LogP contribution in [0.5, 0.6) is 11.5 Å². The van der Waals surface area contributed by atoms with E-state index in [0.717, 1.165) is 0 Å². The normalized spacial score (nSPS) is 17.3. The molecule has 2 aromatic carbocycles. The first-order valence-corrected chi connectivity index (χ1v) is 9.78. The molecule has 1 N–H and O–H groups in total. The maximum Gasteiger partial charge on any atom is 0.495 e. The van der Waals surface area contributed by atoms with Crippen LogP contribution in [0.2, 0.25) is 0 Å². The van der Waals surface area contributed by atoms with Crippen LogP contribution < -0.4 is 20.5 Å². The van der Waals surface area contributed by atoms with Gasteiger partial charge < -0.3 is 23.8 Å². The fourth-order valence-corrected chi connectivity index (χ4v) is 3.50. The van der Waals surface area contributed by atoms with Gasteiger partial charge in [0, 0.05) is 11.5 Å². The average molecular weight is 408 g/mol. The molecule has 3 aromatic rings. The van der Waals surface area contributed by atoms with E-state index in [9.17, 15) is 4.79 Å².